The summed E-state index contributed by atoms with van der Waals surface area (Å²) in [4.78, 5) is 59.2. The lowest BCUT2D eigenvalue weighted by atomic mass is 9.98. The van der Waals surface area contributed by atoms with Crippen LogP contribution in [0.5, 0.6) is 0 Å². The second-order valence-corrected chi connectivity index (χ2v) is 7.90. The molecule has 3 aromatic rings. The third kappa shape index (κ3) is 4.33. The maximum absolute atomic E-state index is 12.7. The summed E-state index contributed by atoms with van der Waals surface area (Å²) in [7, 11) is 0. The number of aryl methyl sites for hydroxylation is 1. The Balaban J connectivity index is 1.47. The lowest BCUT2D eigenvalue weighted by Crippen LogP contribution is -2.42. The van der Waals surface area contributed by atoms with Gasteiger partial charge in [-0.2, -0.15) is 5.10 Å². The van der Waals surface area contributed by atoms with Crippen molar-refractivity contribution in [3.63, 3.8) is 0 Å². The number of Topliss-reactive ketones (excluding diaryl/α,β-unsaturated/α-hetero) is 1. The Bertz CT molecular complexity index is 1370. The van der Waals surface area contributed by atoms with Gasteiger partial charge >= 0.3 is 5.97 Å². The summed E-state index contributed by atoms with van der Waals surface area (Å²) in [6, 6.07) is 11.0. The fourth-order valence-electron chi connectivity index (χ4n) is 3.79. The van der Waals surface area contributed by atoms with E-state index < -0.39 is 29.5 Å². The highest BCUT2D eigenvalue weighted by atomic mass is 16.4. The van der Waals surface area contributed by atoms with E-state index in [4.69, 9.17) is 5.11 Å². The van der Waals surface area contributed by atoms with Crippen molar-refractivity contribution < 1.29 is 29.1 Å². The number of ketones is 1. The monoisotopic (exact) mass is 460 g/mol. The van der Waals surface area contributed by atoms with Gasteiger partial charge in [-0.05, 0) is 49.7 Å². The fraction of sp³-hybridized carbons (Fsp3) is 0.167. The Kier molecular flexibility index (Phi) is 5.80. The van der Waals surface area contributed by atoms with Crippen molar-refractivity contribution in [1.82, 2.24) is 15.1 Å². The molecule has 0 bridgehead atoms. The molecule has 10 nitrogen and oxygen atoms in total. The standard InChI is InChI=1S/C24H20N4O6/c1-12-18(10-20(29)30)13(2)28(27-12)11-14-3-5-15(6-4-14)22(32)25-16-7-8-17-19(9-16)21(31)24(34)26-23(17)33/h3-9H,10-11H2,1-2H3,(H,25,32)(H,29,30)(H,26,33,34). The third-order valence-electron chi connectivity index (χ3n) is 5.61. The molecule has 0 atom stereocenters. The summed E-state index contributed by atoms with van der Waals surface area (Å²) in [5, 5.41) is 18.1. The summed E-state index contributed by atoms with van der Waals surface area (Å²) in [6.07, 6.45) is -0.0934. The van der Waals surface area contributed by atoms with Gasteiger partial charge in [0.25, 0.3) is 23.5 Å². The van der Waals surface area contributed by atoms with Gasteiger partial charge in [0.1, 0.15) is 0 Å². The molecule has 0 aliphatic carbocycles. The van der Waals surface area contributed by atoms with Gasteiger partial charge in [0.05, 0.1) is 24.2 Å². The fourth-order valence-corrected chi connectivity index (χ4v) is 3.79. The van der Waals surface area contributed by atoms with E-state index in [2.05, 4.69) is 10.4 Å². The van der Waals surface area contributed by atoms with Crippen LogP contribution in [0.2, 0.25) is 0 Å². The van der Waals surface area contributed by atoms with E-state index in [1.54, 1.807) is 35.9 Å². The number of aliphatic carboxylic acids is 1. The minimum absolute atomic E-state index is 0.0611. The topological polar surface area (TPSA) is 147 Å². The summed E-state index contributed by atoms with van der Waals surface area (Å²) in [6.45, 7) is 4.00. The van der Waals surface area contributed by atoms with Crippen LogP contribution in [0.3, 0.4) is 0 Å². The zero-order valence-corrected chi connectivity index (χ0v) is 18.3. The molecule has 34 heavy (non-hydrogen) atoms. The zero-order valence-electron chi connectivity index (χ0n) is 18.3. The first-order valence-electron chi connectivity index (χ1n) is 10.3. The molecule has 0 unspecified atom stereocenters. The second kappa shape index (κ2) is 8.74. The Morgan fingerprint density at radius 3 is 2.38 bits per heavy atom. The number of carbonyl (C=O) groups excluding carboxylic acids is 4. The predicted octanol–water partition coefficient (Wildman–Crippen LogP) is 1.88. The van der Waals surface area contributed by atoms with Gasteiger partial charge in [-0.3, -0.25) is 34.0 Å². The number of anilines is 1. The summed E-state index contributed by atoms with van der Waals surface area (Å²) in [5.41, 5.74) is 3.64. The molecule has 4 rings (SSSR count). The van der Waals surface area contributed by atoms with E-state index >= 15 is 0 Å². The minimum atomic E-state index is -1.01. The number of carbonyl (C=O) groups is 5. The average molecular weight is 460 g/mol. The maximum atomic E-state index is 12.7. The van der Waals surface area contributed by atoms with Crippen molar-refractivity contribution in [3.05, 3.63) is 81.7 Å². The molecule has 0 saturated carbocycles. The summed E-state index contributed by atoms with van der Waals surface area (Å²) < 4.78 is 1.73. The van der Waals surface area contributed by atoms with Crippen LogP contribution in [-0.2, 0) is 22.6 Å². The number of carboxylic acids is 1. The molecule has 0 spiro atoms. The van der Waals surface area contributed by atoms with E-state index in [0.29, 0.717) is 23.4 Å². The SMILES string of the molecule is Cc1nn(Cc2ccc(C(=O)Nc3ccc4c(c3)C(=O)C(=O)NC4=O)cc2)c(C)c1CC(=O)O. The maximum Gasteiger partial charge on any atom is 0.307 e. The van der Waals surface area contributed by atoms with E-state index in [1.807, 2.05) is 12.2 Å². The zero-order chi connectivity index (χ0) is 24.6. The number of nitrogens with zero attached hydrogens (tertiary/aromatic N) is 2. The van der Waals surface area contributed by atoms with Crippen molar-refractivity contribution >= 4 is 35.2 Å². The van der Waals surface area contributed by atoms with Crippen molar-refractivity contribution in [2.24, 2.45) is 0 Å². The summed E-state index contributed by atoms with van der Waals surface area (Å²) in [5.74, 6) is -3.86. The Morgan fingerprint density at radius 2 is 1.71 bits per heavy atom. The molecule has 2 aromatic carbocycles. The lowest BCUT2D eigenvalue weighted by Gasteiger charge is -2.15. The molecule has 172 valence electrons. The molecular weight excluding hydrogens is 440 g/mol. The van der Waals surface area contributed by atoms with E-state index in [9.17, 15) is 24.0 Å². The number of fused-ring (bicyclic) bond motifs is 1. The average Bonchev–Trinajstić information content (AvgIpc) is 3.05. The van der Waals surface area contributed by atoms with Crippen LogP contribution >= 0.6 is 0 Å². The molecule has 10 heteroatoms. The highest BCUT2D eigenvalue weighted by Gasteiger charge is 2.30. The van der Waals surface area contributed by atoms with Crippen molar-refractivity contribution in [2.75, 3.05) is 5.32 Å². The number of nitrogens with one attached hydrogen (secondary N) is 2. The number of carboxylic acid groups (broad SMARTS) is 1. The molecule has 1 aliphatic heterocycles. The van der Waals surface area contributed by atoms with Crippen molar-refractivity contribution in [2.45, 2.75) is 26.8 Å². The first-order chi connectivity index (χ1) is 16.1. The predicted molar refractivity (Wildman–Crippen MR) is 120 cm³/mol. The molecule has 1 aliphatic rings. The van der Waals surface area contributed by atoms with Crippen LogP contribution in [0.4, 0.5) is 5.69 Å². The molecular formula is C24H20N4O6. The molecule has 0 saturated heterocycles. The van der Waals surface area contributed by atoms with Crippen LogP contribution in [0, 0.1) is 13.8 Å². The quantitative estimate of drug-likeness (QED) is 0.376. The Labute approximate surface area is 193 Å². The summed E-state index contributed by atoms with van der Waals surface area (Å²) >= 11 is 0. The van der Waals surface area contributed by atoms with Crippen LogP contribution in [0.25, 0.3) is 0 Å². The number of amides is 3. The van der Waals surface area contributed by atoms with Crippen LogP contribution in [0.1, 0.15) is 53.6 Å². The van der Waals surface area contributed by atoms with E-state index in [-0.39, 0.29) is 23.2 Å². The molecule has 0 fully saturated rings. The van der Waals surface area contributed by atoms with Gasteiger partial charge in [-0.1, -0.05) is 12.1 Å². The van der Waals surface area contributed by atoms with Crippen molar-refractivity contribution in [1.29, 1.82) is 0 Å². The van der Waals surface area contributed by atoms with Gasteiger partial charge in [0.15, 0.2) is 0 Å². The number of aromatic nitrogens is 2. The first-order valence-corrected chi connectivity index (χ1v) is 10.3. The Morgan fingerprint density at radius 1 is 1.00 bits per heavy atom. The molecule has 2 heterocycles. The number of hydrogen-bond donors (Lipinski definition) is 3. The van der Waals surface area contributed by atoms with Gasteiger partial charge in [0.2, 0.25) is 0 Å². The van der Waals surface area contributed by atoms with E-state index in [1.165, 1.54) is 18.2 Å². The van der Waals surface area contributed by atoms with Gasteiger partial charge in [0, 0.05) is 28.1 Å². The normalized spacial score (nSPS) is 12.8. The first kappa shape index (κ1) is 22.6. The van der Waals surface area contributed by atoms with Crippen LogP contribution in [-0.4, -0.2) is 44.4 Å². The third-order valence-corrected chi connectivity index (χ3v) is 5.61. The number of rotatable bonds is 6. The van der Waals surface area contributed by atoms with E-state index in [0.717, 1.165) is 11.3 Å². The van der Waals surface area contributed by atoms with Crippen LogP contribution in [0.15, 0.2) is 42.5 Å². The molecule has 0 radical (unpaired) electrons. The second-order valence-electron chi connectivity index (χ2n) is 7.90. The van der Waals surface area contributed by atoms with Gasteiger partial charge < -0.3 is 10.4 Å². The minimum Gasteiger partial charge on any atom is -0.481 e. The largest absolute Gasteiger partial charge is 0.481 e. The highest BCUT2D eigenvalue weighted by molar-refractivity contribution is 6.49. The van der Waals surface area contributed by atoms with Crippen molar-refractivity contribution in [3.8, 4) is 0 Å². The Hall–Kier alpha value is -4.60. The molecule has 1 aromatic heterocycles. The number of benzene rings is 2. The number of imide groups is 1. The molecule has 3 N–H and O–H groups in total. The van der Waals surface area contributed by atoms with Gasteiger partial charge in [-0.25, -0.2) is 0 Å². The highest BCUT2D eigenvalue weighted by Crippen LogP contribution is 2.21. The number of hydrogen-bond acceptors (Lipinski definition) is 6. The lowest BCUT2D eigenvalue weighted by molar-refractivity contribution is -0.136. The smallest absolute Gasteiger partial charge is 0.307 e. The molecule has 3 amide bonds. The van der Waals surface area contributed by atoms with Crippen LogP contribution < -0.4 is 10.6 Å². The van der Waals surface area contributed by atoms with Gasteiger partial charge in [-0.15, -0.1) is 0 Å².